The lowest BCUT2D eigenvalue weighted by atomic mass is 10.1. The molecule has 1 saturated carbocycles. The second-order valence-electron chi connectivity index (χ2n) is 4.96. The number of carboxylic acid groups (broad SMARTS) is 1. The molecule has 3 nitrogen and oxygen atoms in total. The number of hydrogen-bond acceptors (Lipinski definition) is 3. The average molecular weight is 308 g/mol. The highest BCUT2D eigenvalue weighted by atomic mass is 35.5. The number of hydrogen-bond donors (Lipinski definition) is 1. The van der Waals surface area contributed by atoms with Crippen molar-refractivity contribution in [3.8, 4) is 0 Å². The van der Waals surface area contributed by atoms with E-state index in [1.54, 1.807) is 29.5 Å². The van der Waals surface area contributed by atoms with Crippen molar-refractivity contribution >= 4 is 34.6 Å². The Morgan fingerprint density at radius 3 is 2.80 bits per heavy atom. The summed E-state index contributed by atoms with van der Waals surface area (Å²) in [6, 6.07) is 7.47. The quantitative estimate of drug-likeness (QED) is 0.897. The summed E-state index contributed by atoms with van der Waals surface area (Å²) in [5.74, 6) is -0.910. The molecule has 1 aromatic carbocycles. The molecule has 2 aromatic rings. The van der Waals surface area contributed by atoms with Gasteiger partial charge in [0.2, 0.25) is 0 Å². The van der Waals surface area contributed by atoms with Crippen LogP contribution in [-0.4, -0.2) is 17.1 Å². The van der Waals surface area contributed by atoms with E-state index in [-0.39, 0.29) is 0 Å². The minimum atomic E-state index is -0.910. The van der Waals surface area contributed by atoms with Crippen molar-refractivity contribution in [1.29, 1.82) is 0 Å². The maximum Gasteiger partial charge on any atom is 0.337 e. The van der Waals surface area contributed by atoms with E-state index < -0.39 is 5.97 Å². The predicted octanol–water partition coefficient (Wildman–Crippen LogP) is 4.27. The SMILES string of the molecule is O=C(O)c1ccc(Cl)cc1N(Cc1ccsc1)C1CC1. The molecule has 104 valence electrons. The van der Waals surface area contributed by atoms with Crippen molar-refractivity contribution in [3.63, 3.8) is 0 Å². The Balaban J connectivity index is 1.98. The number of carbonyl (C=O) groups is 1. The highest BCUT2D eigenvalue weighted by Crippen LogP contribution is 2.36. The van der Waals surface area contributed by atoms with E-state index in [0.717, 1.165) is 25.1 Å². The first-order valence-corrected chi connectivity index (χ1v) is 7.78. The van der Waals surface area contributed by atoms with Crippen LogP contribution in [0, 0.1) is 0 Å². The molecule has 0 bridgehead atoms. The van der Waals surface area contributed by atoms with Crippen LogP contribution < -0.4 is 4.90 Å². The average Bonchev–Trinajstić information content (AvgIpc) is 3.12. The zero-order valence-electron chi connectivity index (χ0n) is 10.8. The van der Waals surface area contributed by atoms with Gasteiger partial charge >= 0.3 is 5.97 Å². The largest absolute Gasteiger partial charge is 0.478 e. The van der Waals surface area contributed by atoms with Gasteiger partial charge in [-0.05, 0) is 53.4 Å². The van der Waals surface area contributed by atoms with Gasteiger partial charge in [-0.3, -0.25) is 0 Å². The highest BCUT2D eigenvalue weighted by molar-refractivity contribution is 7.07. The second-order valence-corrected chi connectivity index (χ2v) is 6.17. The van der Waals surface area contributed by atoms with Gasteiger partial charge in [-0.1, -0.05) is 11.6 Å². The van der Waals surface area contributed by atoms with Crippen molar-refractivity contribution in [2.75, 3.05) is 4.90 Å². The number of thiophene rings is 1. The Bertz CT molecular complexity index is 623. The highest BCUT2D eigenvalue weighted by Gasteiger charge is 2.31. The van der Waals surface area contributed by atoms with E-state index in [1.165, 1.54) is 5.56 Å². The second kappa shape index (κ2) is 5.46. The Labute approximate surface area is 126 Å². The maximum atomic E-state index is 11.4. The zero-order valence-corrected chi connectivity index (χ0v) is 12.3. The van der Waals surface area contributed by atoms with Crippen molar-refractivity contribution in [1.82, 2.24) is 0 Å². The lowest BCUT2D eigenvalue weighted by Gasteiger charge is -2.26. The van der Waals surface area contributed by atoms with E-state index in [0.29, 0.717) is 16.6 Å². The molecule has 1 aliphatic carbocycles. The van der Waals surface area contributed by atoms with E-state index in [9.17, 15) is 9.90 Å². The van der Waals surface area contributed by atoms with Crippen LogP contribution in [-0.2, 0) is 6.54 Å². The molecule has 0 aliphatic heterocycles. The fourth-order valence-corrected chi connectivity index (χ4v) is 3.13. The molecule has 20 heavy (non-hydrogen) atoms. The predicted molar refractivity (Wildman–Crippen MR) is 81.9 cm³/mol. The van der Waals surface area contributed by atoms with Gasteiger partial charge in [0.25, 0.3) is 0 Å². The molecule has 0 spiro atoms. The van der Waals surface area contributed by atoms with Gasteiger partial charge in [0.15, 0.2) is 0 Å². The maximum absolute atomic E-state index is 11.4. The summed E-state index contributed by atoms with van der Waals surface area (Å²) in [4.78, 5) is 13.6. The third kappa shape index (κ3) is 2.81. The van der Waals surface area contributed by atoms with Gasteiger partial charge in [0.05, 0.1) is 11.3 Å². The molecule has 0 saturated heterocycles. The van der Waals surface area contributed by atoms with Crippen LogP contribution in [0.1, 0.15) is 28.8 Å². The Morgan fingerprint density at radius 1 is 1.40 bits per heavy atom. The summed E-state index contributed by atoms with van der Waals surface area (Å²) in [6.45, 7) is 0.731. The first-order chi connectivity index (χ1) is 9.65. The third-order valence-corrected chi connectivity index (χ3v) is 4.39. The Hall–Kier alpha value is -1.52. The molecule has 1 fully saturated rings. The molecule has 1 aromatic heterocycles. The van der Waals surface area contributed by atoms with Gasteiger partial charge < -0.3 is 10.0 Å². The third-order valence-electron chi connectivity index (χ3n) is 3.42. The fourth-order valence-electron chi connectivity index (χ4n) is 2.30. The van der Waals surface area contributed by atoms with Crippen molar-refractivity contribution in [2.24, 2.45) is 0 Å². The monoisotopic (exact) mass is 307 g/mol. The van der Waals surface area contributed by atoms with Crippen LogP contribution in [0.5, 0.6) is 0 Å². The molecule has 1 heterocycles. The van der Waals surface area contributed by atoms with Crippen LogP contribution >= 0.6 is 22.9 Å². The van der Waals surface area contributed by atoms with Gasteiger partial charge in [0, 0.05) is 17.6 Å². The van der Waals surface area contributed by atoms with Crippen LogP contribution in [0.15, 0.2) is 35.0 Å². The van der Waals surface area contributed by atoms with Gasteiger partial charge in [0.1, 0.15) is 0 Å². The topological polar surface area (TPSA) is 40.5 Å². The minimum absolute atomic E-state index is 0.316. The molecular formula is C15H14ClNO2S. The van der Waals surface area contributed by atoms with Gasteiger partial charge in [-0.15, -0.1) is 0 Å². The number of carboxylic acids is 1. The summed E-state index contributed by atoms with van der Waals surface area (Å²) in [5, 5.41) is 14.1. The summed E-state index contributed by atoms with van der Waals surface area (Å²) in [7, 11) is 0. The number of anilines is 1. The molecule has 0 atom stereocenters. The van der Waals surface area contributed by atoms with Crippen molar-refractivity contribution in [3.05, 3.63) is 51.2 Å². The summed E-state index contributed by atoms with van der Waals surface area (Å²) < 4.78 is 0. The molecular weight excluding hydrogens is 294 g/mol. The van der Waals surface area contributed by atoms with Gasteiger partial charge in [-0.2, -0.15) is 11.3 Å². The number of nitrogens with zero attached hydrogens (tertiary/aromatic N) is 1. The Kier molecular flexibility index (Phi) is 3.68. The molecule has 0 radical (unpaired) electrons. The zero-order chi connectivity index (χ0) is 14.1. The molecule has 1 aliphatic rings. The number of benzene rings is 1. The first-order valence-electron chi connectivity index (χ1n) is 6.45. The van der Waals surface area contributed by atoms with Crippen LogP contribution in [0.3, 0.4) is 0 Å². The van der Waals surface area contributed by atoms with Crippen LogP contribution in [0.2, 0.25) is 5.02 Å². The van der Waals surface area contributed by atoms with Crippen molar-refractivity contribution in [2.45, 2.75) is 25.4 Å². The summed E-state index contributed by atoms with van der Waals surface area (Å²) in [6.07, 6.45) is 2.21. The molecule has 1 N–H and O–H groups in total. The molecule has 0 unspecified atom stereocenters. The van der Waals surface area contributed by atoms with Crippen molar-refractivity contribution < 1.29 is 9.90 Å². The number of halogens is 1. The van der Waals surface area contributed by atoms with Gasteiger partial charge in [-0.25, -0.2) is 4.79 Å². The standard InChI is InChI=1S/C15H14ClNO2S/c16-11-1-4-13(15(18)19)14(7-11)17(12-2-3-12)8-10-5-6-20-9-10/h1,4-7,9,12H,2-3,8H2,(H,18,19). The van der Waals surface area contributed by atoms with Crippen LogP contribution in [0.25, 0.3) is 0 Å². The van der Waals surface area contributed by atoms with E-state index >= 15 is 0 Å². The summed E-state index contributed by atoms with van der Waals surface area (Å²) >= 11 is 7.71. The Morgan fingerprint density at radius 2 is 2.20 bits per heavy atom. The van der Waals surface area contributed by atoms with E-state index in [2.05, 4.69) is 16.3 Å². The lowest BCUT2D eigenvalue weighted by molar-refractivity contribution is 0.0697. The minimum Gasteiger partial charge on any atom is -0.478 e. The number of rotatable bonds is 5. The van der Waals surface area contributed by atoms with E-state index in [4.69, 9.17) is 11.6 Å². The molecule has 5 heteroatoms. The fraction of sp³-hybridized carbons (Fsp3) is 0.267. The molecule has 0 amide bonds. The summed E-state index contributed by atoms with van der Waals surface area (Å²) in [5.41, 5.74) is 2.24. The first kappa shape index (κ1) is 13.5. The normalized spacial score (nSPS) is 14.2. The smallest absolute Gasteiger partial charge is 0.337 e. The lowest BCUT2D eigenvalue weighted by Crippen LogP contribution is -2.26. The van der Waals surface area contributed by atoms with E-state index in [1.807, 2.05) is 5.38 Å². The van der Waals surface area contributed by atoms with Crippen LogP contribution in [0.4, 0.5) is 5.69 Å². The number of aromatic carboxylic acids is 1. The molecule has 3 rings (SSSR count).